The third-order valence-electron chi connectivity index (χ3n) is 5.36. The summed E-state index contributed by atoms with van der Waals surface area (Å²) in [5.41, 5.74) is 7.35. The predicted octanol–water partition coefficient (Wildman–Crippen LogP) is 2.52. The highest BCUT2D eigenvalue weighted by molar-refractivity contribution is 6.31. The second-order valence-corrected chi connectivity index (χ2v) is 8.77. The number of benzene rings is 1. The van der Waals surface area contributed by atoms with E-state index in [2.05, 4.69) is 10.1 Å². The number of aryl methyl sites for hydroxylation is 1. The molecule has 0 atom stereocenters. The molecule has 0 unspecified atom stereocenters. The highest BCUT2D eigenvalue weighted by atomic mass is 35.5. The summed E-state index contributed by atoms with van der Waals surface area (Å²) in [6.45, 7) is 8.03. The predicted molar refractivity (Wildman–Crippen MR) is 132 cm³/mol. The quantitative estimate of drug-likeness (QED) is 0.501. The minimum absolute atomic E-state index is 0.0668. The fraction of sp³-hybridized carbons (Fsp3) is 0.391. The molecule has 34 heavy (non-hydrogen) atoms. The molecule has 1 amide bonds. The average molecular weight is 489 g/mol. The van der Waals surface area contributed by atoms with Crippen LogP contribution in [-0.2, 0) is 11.3 Å². The van der Waals surface area contributed by atoms with E-state index < -0.39 is 17.2 Å². The second kappa shape index (κ2) is 10.3. The number of hydrogen-bond donors (Lipinski definition) is 2. The maximum atomic E-state index is 13.5. The number of anilines is 2. The molecule has 2 aromatic heterocycles. The van der Waals surface area contributed by atoms with E-state index in [-0.39, 0.29) is 30.6 Å². The van der Waals surface area contributed by atoms with Gasteiger partial charge in [-0.05, 0) is 44.0 Å². The van der Waals surface area contributed by atoms with Crippen molar-refractivity contribution in [2.75, 3.05) is 30.9 Å². The van der Waals surface area contributed by atoms with Gasteiger partial charge in [0.1, 0.15) is 5.82 Å². The molecular formula is C23H29ClN6O4. The first-order valence-corrected chi connectivity index (χ1v) is 11.2. The molecule has 182 valence electrons. The molecule has 3 N–H and O–H groups in total. The van der Waals surface area contributed by atoms with Crippen molar-refractivity contribution >= 4 is 29.0 Å². The van der Waals surface area contributed by atoms with Gasteiger partial charge in [-0.15, -0.1) is 0 Å². The van der Waals surface area contributed by atoms with Gasteiger partial charge in [0.2, 0.25) is 0 Å². The lowest BCUT2D eigenvalue weighted by atomic mass is 10.1. The van der Waals surface area contributed by atoms with Crippen LogP contribution in [0.4, 0.5) is 11.5 Å². The van der Waals surface area contributed by atoms with E-state index >= 15 is 0 Å². The van der Waals surface area contributed by atoms with Gasteiger partial charge in [-0.2, -0.15) is 5.10 Å². The molecule has 1 aromatic carbocycles. The lowest BCUT2D eigenvalue weighted by Gasteiger charge is -2.25. The number of carbonyl (C=O) groups excluding carboxylic acids is 1. The van der Waals surface area contributed by atoms with Crippen molar-refractivity contribution in [1.29, 1.82) is 0 Å². The third kappa shape index (κ3) is 4.92. The Labute approximate surface area is 201 Å². The number of hydrogen-bond acceptors (Lipinski definition) is 6. The Morgan fingerprint density at radius 1 is 1.24 bits per heavy atom. The summed E-state index contributed by atoms with van der Waals surface area (Å²) in [6, 6.07) is 6.75. The maximum Gasteiger partial charge on any atom is 0.330 e. The number of aromatic amines is 1. The molecule has 3 rings (SSSR count). The van der Waals surface area contributed by atoms with Crippen molar-refractivity contribution in [2.24, 2.45) is 5.92 Å². The second-order valence-electron chi connectivity index (χ2n) is 8.39. The molecule has 11 heteroatoms. The minimum Gasteiger partial charge on any atom is -0.383 e. The van der Waals surface area contributed by atoms with Crippen LogP contribution in [-0.4, -0.2) is 45.5 Å². The van der Waals surface area contributed by atoms with Crippen LogP contribution >= 0.6 is 11.6 Å². The third-order valence-corrected chi connectivity index (χ3v) is 5.90. The zero-order chi connectivity index (χ0) is 25.2. The number of nitrogens with one attached hydrogen (secondary N) is 1. The van der Waals surface area contributed by atoms with E-state index in [0.29, 0.717) is 22.8 Å². The minimum atomic E-state index is -0.735. The zero-order valence-electron chi connectivity index (χ0n) is 19.9. The van der Waals surface area contributed by atoms with Gasteiger partial charge in [0.25, 0.3) is 11.5 Å². The van der Waals surface area contributed by atoms with E-state index in [4.69, 9.17) is 22.1 Å². The van der Waals surface area contributed by atoms with Crippen molar-refractivity contribution in [3.05, 3.63) is 67.1 Å². The molecular weight excluding hydrogens is 460 g/mol. The largest absolute Gasteiger partial charge is 0.383 e. The number of methoxy groups -OCH3 is 1. The Morgan fingerprint density at radius 3 is 2.41 bits per heavy atom. The summed E-state index contributed by atoms with van der Waals surface area (Å²) in [5, 5.41) is 5.00. The van der Waals surface area contributed by atoms with Gasteiger partial charge in [-0.1, -0.05) is 25.4 Å². The summed E-state index contributed by atoms with van der Waals surface area (Å²) < 4.78 is 8.10. The molecule has 0 radical (unpaired) electrons. The Balaban J connectivity index is 2.04. The van der Waals surface area contributed by atoms with Gasteiger partial charge in [0.05, 0.1) is 28.7 Å². The number of ether oxygens (including phenoxy) is 1. The Kier molecular flexibility index (Phi) is 7.63. The molecule has 0 saturated heterocycles. The summed E-state index contributed by atoms with van der Waals surface area (Å²) >= 11 is 6.25. The monoisotopic (exact) mass is 488 g/mol. The summed E-state index contributed by atoms with van der Waals surface area (Å²) in [6.07, 6.45) is 0. The summed E-state index contributed by atoms with van der Waals surface area (Å²) in [7, 11) is 1.49. The zero-order valence-corrected chi connectivity index (χ0v) is 20.6. The number of carbonyl (C=O) groups is 1. The standard InChI is InChI=1S/C23H29ClN6O4/c1-13(2)12-29-20(25)19(21(31)26-23(29)33)28(10-11-34-5)22(32)16-6-8-17(9-7-16)30-15(4)18(24)14(3)27-30/h6-9,13H,10-12,25H2,1-5H3,(H,26,31,33). The molecule has 10 nitrogen and oxygen atoms in total. The van der Waals surface area contributed by atoms with Crippen LogP contribution in [0.1, 0.15) is 35.6 Å². The fourth-order valence-electron chi connectivity index (χ4n) is 3.66. The van der Waals surface area contributed by atoms with Crippen molar-refractivity contribution < 1.29 is 9.53 Å². The first-order chi connectivity index (χ1) is 16.1. The fourth-order valence-corrected chi connectivity index (χ4v) is 3.78. The average Bonchev–Trinajstić information content (AvgIpc) is 3.05. The number of aromatic nitrogens is 4. The van der Waals surface area contributed by atoms with Crippen LogP contribution in [0.25, 0.3) is 5.69 Å². The van der Waals surface area contributed by atoms with Gasteiger partial charge in [0.15, 0.2) is 5.69 Å². The Morgan fingerprint density at radius 2 is 1.88 bits per heavy atom. The number of nitrogens with two attached hydrogens (primary N) is 1. The molecule has 0 aliphatic rings. The first kappa shape index (κ1) is 25.3. The van der Waals surface area contributed by atoms with Crippen molar-refractivity contribution in [1.82, 2.24) is 19.3 Å². The van der Waals surface area contributed by atoms with Gasteiger partial charge < -0.3 is 10.5 Å². The van der Waals surface area contributed by atoms with E-state index in [0.717, 1.165) is 11.4 Å². The highest BCUT2D eigenvalue weighted by Gasteiger charge is 2.25. The van der Waals surface area contributed by atoms with Crippen LogP contribution in [0.15, 0.2) is 33.9 Å². The lowest BCUT2D eigenvalue weighted by molar-refractivity contribution is 0.0975. The van der Waals surface area contributed by atoms with Gasteiger partial charge in [0, 0.05) is 25.8 Å². The number of nitrogen functional groups attached to an aromatic ring is 1. The maximum absolute atomic E-state index is 13.5. The van der Waals surface area contributed by atoms with Crippen LogP contribution in [0.2, 0.25) is 5.02 Å². The molecule has 0 aliphatic carbocycles. The number of rotatable bonds is 8. The molecule has 0 spiro atoms. The van der Waals surface area contributed by atoms with E-state index in [1.807, 2.05) is 27.7 Å². The number of amides is 1. The SMILES string of the molecule is COCCN(C(=O)c1ccc(-n2nc(C)c(Cl)c2C)cc1)c1c(N)n(CC(C)C)c(=O)[nH]c1=O. The van der Waals surface area contributed by atoms with Crippen LogP contribution in [0.3, 0.4) is 0 Å². The number of H-pyrrole nitrogens is 1. The Bertz CT molecular complexity index is 1310. The molecule has 0 bridgehead atoms. The lowest BCUT2D eigenvalue weighted by Crippen LogP contribution is -2.42. The normalized spacial score (nSPS) is 11.3. The first-order valence-electron chi connectivity index (χ1n) is 10.8. The van der Waals surface area contributed by atoms with Gasteiger partial charge >= 0.3 is 5.69 Å². The van der Waals surface area contributed by atoms with Gasteiger partial charge in [-0.3, -0.25) is 24.0 Å². The topological polar surface area (TPSA) is 128 Å². The van der Waals surface area contributed by atoms with Crippen molar-refractivity contribution in [3.8, 4) is 5.69 Å². The number of halogens is 1. The molecule has 0 fully saturated rings. The van der Waals surface area contributed by atoms with Crippen LogP contribution < -0.4 is 21.9 Å². The van der Waals surface area contributed by atoms with Crippen molar-refractivity contribution in [3.63, 3.8) is 0 Å². The molecule has 2 heterocycles. The highest BCUT2D eigenvalue weighted by Crippen LogP contribution is 2.24. The van der Waals surface area contributed by atoms with Crippen molar-refractivity contribution in [2.45, 2.75) is 34.2 Å². The van der Waals surface area contributed by atoms with E-state index in [1.54, 1.807) is 28.9 Å². The summed E-state index contributed by atoms with van der Waals surface area (Å²) in [4.78, 5) is 42.1. The summed E-state index contributed by atoms with van der Waals surface area (Å²) in [5.74, 6) is -0.430. The molecule has 3 aromatic rings. The number of nitrogens with zero attached hydrogens (tertiary/aromatic N) is 4. The van der Waals surface area contributed by atoms with Gasteiger partial charge in [-0.25, -0.2) is 9.48 Å². The van der Waals surface area contributed by atoms with Crippen LogP contribution in [0.5, 0.6) is 0 Å². The van der Waals surface area contributed by atoms with E-state index in [1.165, 1.54) is 16.6 Å². The smallest absolute Gasteiger partial charge is 0.330 e. The van der Waals surface area contributed by atoms with E-state index in [9.17, 15) is 14.4 Å². The molecule has 0 aliphatic heterocycles. The Hall–Kier alpha value is -3.37. The molecule has 0 saturated carbocycles. The van der Waals surface area contributed by atoms with Crippen LogP contribution in [0, 0.1) is 19.8 Å².